The van der Waals surface area contributed by atoms with Crippen molar-refractivity contribution in [1.82, 2.24) is 9.80 Å². The number of hydrogen-bond donors (Lipinski definition) is 0. The first kappa shape index (κ1) is 18.7. The lowest BCUT2D eigenvalue weighted by molar-refractivity contribution is 0.0820. The second kappa shape index (κ2) is 7.94. The van der Waals surface area contributed by atoms with Crippen LogP contribution in [0.15, 0.2) is 48.5 Å². The number of ether oxygens (including phenoxy) is 1. The predicted molar refractivity (Wildman–Crippen MR) is 97.8 cm³/mol. The first-order valence-electron chi connectivity index (χ1n) is 8.01. The maximum absolute atomic E-state index is 12.0. The molecule has 0 heterocycles. The molecule has 0 radical (unpaired) electrons. The Kier molecular flexibility index (Phi) is 5.93. The Labute approximate surface area is 148 Å². The van der Waals surface area contributed by atoms with Gasteiger partial charge < -0.3 is 14.5 Å². The summed E-state index contributed by atoms with van der Waals surface area (Å²) in [5.74, 6) is -0.0702. The van der Waals surface area contributed by atoms with Crippen LogP contribution in [0.1, 0.15) is 37.9 Å². The first-order valence-corrected chi connectivity index (χ1v) is 8.01. The summed E-state index contributed by atoms with van der Waals surface area (Å²) in [6.07, 6.45) is -0.257. The molecular weight excluding hydrogens is 316 g/mol. The molecule has 0 bridgehead atoms. The van der Waals surface area contributed by atoms with Crippen LogP contribution < -0.4 is 0 Å². The van der Waals surface area contributed by atoms with E-state index in [-0.39, 0.29) is 17.9 Å². The Morgan fingerprint density at radius 1 is 0.720 bits per heavy atom. The average molecular weight is 340 g/mol. The van der Waals surface area contributed by atoms with Gasteiger partial charge in [-0.15, -0.1) is 0 Å². The molecule has 2 rings (SSSR count). The Morgan fingerprint density at radius 2 is 1.04 bits per heavy atom. The van der Waals surface area contributed by atoms with Crippen molar-refractivity contribution in [1.29, 1.82) is 0 Å². The molecule has 0 spiro atoms. The van der Waals surface area contributed by atoms with E-state index in [2.05, 4.69) is 0 Å². The molecule has 0 aromatic heterocycles. The van der Waals surface area contributed by atoms with Gasteiger partial charge >= 0.3 is 0 Å². The van der Waals surface area contributed by atoms with Crippen LogP contribution in [0.3, 0.4) is 0 Å². The van der Waals surface area contributed by atoms with E-state index in [4.69, 9.17) is 4.74 Å². The first-order chi connectivity index (χ1) is 11.8. The van der Waals surface area contributed by atoms with Gasteiger partial charge in [-0.2, -0.15) is 0 Å². The van der Waals surface area contributed by atoms with Crippen LogP contribution in [0.4, 0.5) is 0 Å². The third kappa shape index (κ3) is 4.25. The number of carbonyl (C=O) groups excluding carboxylic acids is 2. The number of hydrogen-bond acceptors (Lipinski definition) is 3. The molecular formula is C20H24N2O3. The fourth-order valence-corrected chi connectivity index (χ4v) is 2.58. The fourth-order valence-electron chi connectivity index (χ4n) is 2.58. The molecule has 2 amide bonds. The highest BCUT2D eigenvalue weighted by Crippen LogP contribution is 2.26. The van der Waals surface area contributed by atoms with E-state index >= 15 is 0 Å². The zero-order valence-electron chi connectivity index (χ0n) is 15.3. The summed E-state index contributed by atoms with van der Waals surface area (Å²) in [6, 6.07) is 14.8. The topological polar surface area (TPSA) is 49.9 Å². The van der Waals surface area contributed by atoms with Gasteiger partial charge in [-0.05, 0) is 35.4 Å². The highest BCUT2D eigenvalue weighted by atomic mass is 16.5. The van der Waals surface area contributed by atoms with E-state index in [0.29, 0.717) is 11.1 Å². The van der Waals surface area contributed by atoms with Gasteiger partial charge in [0.1, 0.15) is 6.10 Å². The summed E-state index contributed by atoms with van der Waals surface area (Å²) in [7, 11) is 8.55. The molecule has 132 valence electrons. The molecule has 0 aliphatic rings. The van der Waals surface area contributed by atoms with Crippen molar-refractivity contribution >= 4 is 11.8 Å². The number of methoxy groups -OCH3 is 1. The van der Waals surface area contributed by atoms with Gasteiger partial charge in [-0.3, -0.25) is 9.59 Å². The summed E-state index contributed by atoms with van der Waals surface area (Å²) in [6.45, 7) is 0. The van der Waals surface area contributed by atoms with E-state index in [1.54, 1.807) is 69.4 Å². The van der Waals surface area contributed by atoms with E-state index in [1.807, 2.05) is 24.3 Å². The van der Waals surface area contributed by atoms with Crippen LogP contribution in [0, 0.1) is 0 Å². The van der Waals surface area contributed by atoms with Crippen LogP contribution >= 0.6 is 0 Å². The van der Waals surface area contributed by atoms with Crippen molar-refractivity contribution in [2.75, 3.05) is 35.3 Å². The van der Waals surface area contributed by atoms with Gasteiger partial charge in [0.05, 0.1) is 0 Å². The second-order valence-corrected chi connectivity index (χ2v) is 6.26. The summed E-state index contributed by atoms with van der Waals surface area (Å²) in [5, 5.41) is 0. The molecule has 0 saturated heterocycles. The minimum absolute atomic E-state index is 0.0351. The maximum atomic E-state index is 12.0. The lowest BCUT2D eigenvalue weighted by Crippen LogP contribution is -2.21. The van der Waals surface area contributed by atoms with Crippen LogP contribution in [0.25, 0.3) is 0 Å². The van der Waals surface area contributed by atoms with Gasteiger partial charge in [0, 0.05) is 46.4 Å². The Morgan fingerprint density at radius 3 is 1.28 bits per heavy atom. The fraction of sp³-hybridized carbons (Fsp3) is 0.300. The van der Waals surface area contributed by atoms with Crippen molar-refractivity contribution in [3.63, 3.8) is 0 Å². The largest absolute Gasteiger partial charge is 0.372 e. The normalized spacial score (nSPS) is 10.6. The molecule has 0 atom stereocenters. The lowest BCUT2D eigenvalue weighted by atomic mass is 9.98. The molecule has 0 fully saturated rings. The Bertz CT molecular complexity index is 671. The van der Waals surface area contributed by atoms with E-state index in [1.165, 1.54) is 0 Å². The molecule has 25 heavy (non-hydrogen) atoms. The lowest BCUT2D eigenvalue weighted by Gasteiger charge is -2.18. The molecule has 5 nitrogen and oxygen atoms in total. The highest BCUT2D eigenvalue weighted by molar-refractivity contribution is 5.94. The van der Waals surface area contributed by atoms with Crippen LogP contribution in [-0.2, 0) is 4.74 Å². The predicted octanol–water partition coefficient (Wildman–Crippen LogP) is 2.83. The van der Waals surface area contributed by atoms with Gasteiger partial charge in [-0.1, -0.05) is 24.3 Å². The zero-order chi connectivity index (χ0) is 18.6. The number of rotatable bonds is 5. The van der Waals surface area contributed by atoms with Crippen molar-refractivity contribution in [2.45, 2.75) is 6.10 Å². The van der Waals surface area contributed by atoms with Crippen molar-refractivity contribution in [2.24, 2.45) is 0 Å². The third-order valence-electron chi connectivity index (χ3n) is 3.97. The van der Waals surface area contributed by atoms with Gasteiger partial charge in [0.15, 0.2) is 0 Å². The van der Waals surface area contributed by atoms with Gasteiger partial charge in [0.25, 0.3) is 11.8 Å². The SMILES string of the molecule is COC(c1ccc(C(=O)N(C)C)cc1)c1ccc(C(=O)N(C)C)cc1. The molecule has 5 heteroatoms. The minimum atomic E-state index is -0.257. The van der Waals surface area contributed by atoms with E-state index in [0.717, 1.165) is 11.1 Å². The number of nitrogens with zero attached hydrogens (tertiary/aromatic N) is 2. The summed E-state index contributed by atoms with van der Waals surface area (Å²) < 4.78 is 5.63. The van der Waals surface area contributed by atoms with Crippen molar-refractivity contribution in [3.05, 3.63) is 70.8 Å². The molecule has 0 unspecified atom stereocenters. The maximum Gasteiger partial charge on any atom is 0.253 e. The van der Waals surface area contributed by atoms with Crippen LogP contribution in [-0.4, -0.2) is 56.9 Å². The van der Waals surface area contributed by atoms with E-state index < -0.39 is 0 Å². The van der Waals surface area contributed by atoms with E-state index in [9.17, 15) is 9.59 Å². The zero-order valence-corrected chi connectivity index (χ0v) is 15.3. The van der Waals surface area contributed by atoms with Crippen molar-refractivity contribution in [3.8, 4) is 0 Å². The average Bonchev–Trinajstić information content (AvgIpc) is 2.62. The molecule has 2 aromatic carbocycles. The third-order valence-corrected chi connectivity index (χ3v) is 3.97. The summed E-state index contributed by atoms with van der Waals surface area (Å²) in [5.41, 5.74) is 3.17. The quantitative estimate of drug-likeness (QED) is 0.841. The Hall–Kier alpha value is -2.66. The van der Waals surface area contributed by atoms with Gasteiger partial charge in [0.2, 0.25) is 0 Å². The van der Waals surface area contributed by atoms with Gasteiger partial charge in [-0.25, -0.2) is 0 Å². The molecule has 0 saturated carbocycles. The summed E-state index contributed by atoms with van der Waals surface area (Å²) in [4.78, 5) is 27.1. The molecule has 2 aromatic rings. The smallest absolute Gasteiger partial charge is 0.253 e. The van der Waals surface area contributed by atoms with Crippen LogP contribution in [0.5, 0.6) is 0 Å². The highest BCUT2D eigenvalue weighted by Gasteiger charge is 2.16. The number of amides is 2. The Balaban J connectivity index is 2.24. The van der Waals surface area contributed by atoms with Crippen molar-refractivity contribution < 1.29 is 14.3 Å². The summed E-state index contributed by atoms with van der Waals surface area (Å²) >= 11 is 0. The molecule has 0 N–H and O–H groups in total. The number of carbonyl (C=O) groups is 2. The number of benzene rings is 2. The van der Waals surface area contributed by atoms with Crippen LogP contribution in [0.2, 0.25) is 0 Å². The second-order valence-electron chi connectivity index (χ2n) is 6.26. The standard InChI is InChI=1S/C20H24N2O3/c1-21(2)19(23)16-10-6-14(7-11-16)18(25-5)15-8-12-17(13-9-15)20(24)22(3)4/h6-13,18H,1-5H3. The monoisotopic (exact) mass is 340 g/mol. The molecule has 0 aliphatic heterocycles. The molecule has 0 aliphatic carbocycles. The minimum Gasteiger partial charge on any atom is -0.372 e.